The van der Waals surface area contributed by atoms with Crippen molar-refractivity contribution in [3.8, 4) is 0 Å². The standard InChI is InChI=1S/C13H24F6O6P2S2/c1-26(24-28(20,21)12(14,15)16)6-3-9-27(2,10-4-7-26,11-5-8-26)25-29(22,23)13(17,18)19/h3-11H2,1-2H3. The Bertz CT molecular complexity index is 778. The first-order valence-corrected chi connectivity index (χ1v) is 17.8. The van der Waals surface area contributed by atoms with Gasteiger partial charge in [0.05, 0.1) is 0 Å². The predicted octanol–water partition coefficient (Wildman–Crippen LogP) is 4.11. The number of hydrogen-bond donors (Lipinski definition) is 0. The van der Waals surface area contributed by atoms with E-state index in [1.165, 1.54) is 13.3 Å². The first kappa shape index (κ1) is 25.5. The van der Waals surface area contributed by atoms with Crippen molar-refractivity contribution in [3.63, 3.8) is 0 Å². The van der Waals surface area contributed by atoms with E-state index in [2.05, 4.69) is 0 Å². The molecule has 3 aliphatic heterocycles. The Balaban J connectivity index is 2.39. The summed E-state index contributed by atoms with van der Waals surface area (Å²) in [6.45, 7) is -4.85. The summed E-state index contributed by atoms with van der Waals surface area (Å²) >= 11 is 0. The number of hydrogen-bond acceptors (Lipinski definition) is 6. The van der Waals surface area contributed by atoms with Crippen LogP contribution in [0.5, 0.6) is 0 Å². The Morgan fingerprint density at radius 2 is 0.793 bits per heavy atom. The van der Waals surface area contributed by atoms with Crippen LogP contribution in [0.4, 0.5) is 26.3 Å². The van der Waals surface area contributed by atoms with Crippen molar-refractivity contribution in [3.05, 3.63) is 0 Å². The first-order chi connectivity index (χ1) is 12.6. The van der Waals surface area contributed by atoms with Crippen LogP contribution in [0.15, 0.2) is 0 Å². The molecule has 6 nitrogen and oxygen atoms in total. The Labute approximate surface area is 166 Å². The van der Waals surface area contributed by atoms with Crippen molar-refractivity contribution in [2.24, 2.45) is 0 Å². The van der Waals surface area contributed by atoms with Gasteiger partial charge in [-0.3, -0.25) is 0 Å². The van der Waals surface area contributed by atoms with Crippen LogP contribution in [0.25, 0.3) is 0 Å². The molecule has 29 heavy (non-hydrogen) atoms. The second-order valence-electron chi connectivity index (χ2n) is 8.73. The van der Waals surface area contributed by atoms with Crippen LogP contribution in [-0.4, -0.2) is 78.2 Å². The van der Waals surface area contributed by atoms with Crippen LogP contribution in [0.1, 0.15) is 19.3 Å². The normalized spacial score (nSPS) is 29.8. The second-order valence-corrected chi connectivity index (χ2v) is 24.1. The molecule has 0 atom stereocenters. The number of fused-ring (bicyclic) bond motifs is 6. The molecule has 3 fully saturated rings. The monoisotopic (exact) mass is 516 g/mol. The summed E-state index contributed by atoms with van der Waals surface area (Å²) in [5.74, 6) is 0. The summed E-state index contributed by atoms with van der Waals surface area (Å²) in [6, 6.07) is 0. The van der Waals surface area contributed by atoms with Crippen molar-refractivity contribution in [1.29, 1.82) is 0 Å². The van der Waals surface area contributed by atoms with Crippen LogP contribution in [-0.2, 0) is 28.2 Å². The van der Waals surface area contributed by atoms with Gasteiger partial charge in [0, 0.05) is 0 Å². The summed E-state index contributed by atoms with van der Waals surface area (Å²) in [6.07, 6.45) is -0.228. The van der Waals surface area contributed by atoms with Crippen molar-refractivity contribution >= 4 is 33.9 Å². The van der Waals surface area contributed by atoms with E-state index < -0.39 is 44.9 Å². The third kappa shape index (κ3) is 5.03. The molecule has 0 saturated carbocycles. The molecule has 0 unspecified atom stereocenters. The van der Waals surface area contributed by atoms with E-state index in [9.17, 15) is 43.2 Å². The average Bonchev–Trinajstić information content (AvgIpc) is 2.40. The molecule has 16 heteroatoms. The number of halogens is 6. The molecule has 3 rings (SSSR count). The third-order valence-electron chi connectivity index (χ3n) is 5.96. The van der Waals surface area contributed by atoms with Gasteiger partial charge in [0.1, 0.15) is 0 Å². The molecule has 0 aromatic carbocycles. The molecule has 0 aromatic heterocycles. The van der Waals surface area contributed by atoms with Crippen molar-refractivity contribution in [2.45, 2.75) is 30.3 Å². The molecule has 0 amide bonds. The van der Waals surface area contributed by atoms with E-state index >= 15 is 0 Å². The first-order valence-electron chi connectivity index (χ1n) is 8.70. The van der Waals surface area contributed by atoms with E-state index in [1.54, 1.807) is 0 Å². The van der Waals surface area contributed by atoms with E-state index in [0.29, 0.717) is 0 Å². The van der Waals surface area contributed by atoms with Gasteiger partial charge in [-0.25, -0.2) is 0 Å². The van der Waals surface area contributed by atoms with Gasteiger partial charge in [0.25, 0.3) is 0 Å². The van der Waals surface area contributed by atoms with Crippen LogP contribution in [0.2, 0.25) is 0 Å². The van der Waals surface area contributed by atoms with Gasteiger partial charge in [-0.15, -0.1) is 0 Å². The topological polar surface area (TPSA) is 86.7 Å². The Morgan fingerprint density at radius 1 is 0.586 bits per heavy atom. The Hall–Kier alpha value is 0.260. The van der Waals surface area contributed by atoms with E-state index in [4.69, 9.17) is 7.94 Å². The Morgan fingerprint density at radius 3 is 0.966 bits per heavy atom. The van der Waals surface area contributed by atoms with E-state index in [1.807, 2.05) is 0 Å². The van der Waals surface area contributed by atoms with Crippen LogP contribution < -0.4 is 0 Å². The zero-order valence-corrected chi connectivity index (χ0v) is 19.2. The van der Waals surface area contributed by atoms with Gasteiger partial charge in [0.15, 0.2) is 0 Å². The van der Waals surface area contributed by atoms with Crippen molar-refractivity contribution < 1.29 is 51.1 Å². The minimum atomic E-state index is -5.83. The summed E-state index contributed by atoms with van der Waals surface area (Å²) in [7, 11) is -11.7. The molecule has 3 heterocycles. The summed E-state index contributed by atoms with van der Waals surface area (Å²) in [5.41, 5.74) is -11.2. The molecule has 176 valence electrons. The molecule has 0 spiro atoms. The van der Waals surface area contributed by atoms with Gasteiger partial charge >= 0.3 is 166 Å². The molecule has 0 aromatic rings. The van der Waals surface area contributed by atoms with Crippen LogP contribution in [0.3, 0.4) is 0 Å². The molecule has 0 N–H and O–H groups in total. The fourth-order valence-electron chi connectivity index (χ4n) is 4.48. The summed E-state index contributed by atoms with van der Waals surface area (Å²) < 4.78 is 134. The van der Waals surface area contributed by atoms with Crippen molar-refractivity contribution in [2.75, 3.05) is 50.3 Å². The van der Waals surface area contributed by atoms with Crippen LogP contribution in [0, 0.1) is 0 Å². The maximum atomic E-state index is 12.9. The van der Waals surface area contributed by atoms with E-state index in [0.717, 1.165) is 0 Å². The molecule has 3 aliphatic rings. The second kappa shape index (κ2) is 6.88. The zero-order chi connectivity index (χ0) is 22.7. The van der Waals surface area contributed by atoms with E-state index in [-0.39, 0.29) is 56.2 Å². The zero-order valence-electron chi connectivity index (χ0n) is 15.8. The fraction of sp³-hybridized carbons (Fsp3) is 1.00. The van der Waals surface area contributed by atoms with Gasteiger partial charge in [-0.1, -0.05) is 0 Å². The van der Waals surface area contributed by atoms with Gasteiger partial charge in [-0.2, -0.15) is 0 Å². The van der Waals surface area contributed by atoms with Crippen molar-refractivity contribution in [1.82, 2.24) is 0 Å². The molecule has 3 saturated heterocycles. The average molecular weight is 516 g/mol. The summed E-state index contributed by atoms with van der Waals surface area (Å²) in [4.78, 5) is 0. The molecular weight excluding hydrogens is 492 g/mol. The van der Waals surface area contributed by atoms with Gasteiger partial charge in [0.2, 0.25) is 0 Å². The Kier molecular flexibility index (Phi) is 6.05. The predicted molar refractivity (Wildman–Crippen MR) is 101 cm³/mol. The fourth-order valence-corrected chi connectivity index (χ4v) is 20.2. The molecular formula is C13H24F6O6P2S2. The van der Waals surface area contributed by atoms with Gasteiger partial charge in [-0.05, 0) is 0 Å². The minimum absolute atomic E-state index is 0.0311. The SMILES string of the molecule is CP12(OS(=O)(=O)C(F)(F)F)CCCP(C)(OS(=O)(=O)C(F)(F)F)(CCC1)CCC2. The molecule has 0 radical (unpaired) electrons. The number of alkyl halides is 6. The quantitative estimate of drug-likeness (QED) is 0.318. The summed E-state index contributed by atoms with van der Waals surface area (Å²) in [5, 5.41) is 0. The molecule has 0 aliphatic carbocycles. The van der Waals surface area contributed by atoms with Gasteiger partial charge < -0.3 is 0 Å². The number of rotatable bonds is 4. The maximum absolute atomic E-state index is 12.9. The molecule has 2 bridgehead atoms. The third-order valence-corrected chi connectivity index (χ3v) is 21.9. The van der Waals surface area contributed by atoms with Crippen LogP contribution >= 0.6 is 13.7 Å².